The first-order valence-electron chi connectivity index (χ1n) is 4.00. The number of hydrogen-bond acceptors (Lipinski definition) is 2. The molecule has 1 aromatic carbocycles. The molecular weight excluding hydrogens is 249 g/mol. The summed E-state index contributed by atoms with van der Waals surface area (Å²) in [5.41, 5.74) is 0. The number of ether oxygens (including phenoxy) is 1. The summed E-state index contributed by atoms with van der Waals surface area (Å²) in [6, 6.07) is 4.85. The van der Waals surface area contributed by atoms with Crippen molar-refractivity contribution in [1.29, 1.82) is 0 Å². The van der Waals surface area contributed by atoms with Crippen LogP contribution in [0.2, 0.25) is 0 Å². The predicted molar refractivity (Wildman–Crippen MR) is 56.0 cm³/mol. The van der Waals surface area contributed by atoms with Crippen molar-refractivity contribution in [1.82, 2.24) is 4.98 Å². The molecule has 0 saturated heterocycles. The van der Waals surface area contributed by atoms with E-state index in [9.17, 15) is 4.39 Å². The molecule has 1 heterocycles. The number of pyridine rings is 1. The topological polar surface area (TPSA) is 22.1 Å². The average molecular weight is 256 g/mol. The summed E-state index contributed by atoms with van der Waals surface area (Å²) in [5, 5.41) is 1.57. The second-order valence-electron chi connectivity index (χ2n) is 2.81. The van der Waals surface area contributed by atoms with Crippen molar-refractivity contribution in [3.05, 3.63) is 34.7 Å². The van der Waals surface area contributed by atoms with Gasteiger partial charge < -0.3 is 4.74 Å². The number of fused-ring (bicyclic) bond motifs is 1. The molecule has 14 heavy (non-hydrogen) atoms. The normalized spacial score (nSPS) is 10.5. The summed E-state index contributed by atoms with van der Waals surface area (Å²) < 4.78 is 18.7. The second-order valence-corrected chi connectivity index (χ2v) is 3.66. The molecule has 0 spiro atoms. The summed E-state index contributed by atoms with van der Waals surface area (Å²) in [5.74, 6) is 0.217. The summed E-state index contributed by atoms with van der Waals surface area (Å²) >= 11 is 3.12. The zero-order valence-corrected chi connectivity index (χ0v) is 9.01. The van der Waals surface area contributed by atoms with Crippen LogP contribution in [-0.2, 0) is 0 Å². The molecule has 0 N–H and O–H groups in total. The van der Waals surface area contributed by atoms with Crippen LogP contribution in [0.5, 0.6) is 5.88 Å². The molecule has 0 radical (unpaired) electrons. The number of hydrogen-bond donors (Lipinski definition) is 0. The van der Waals surface area contributed by atoms with Crippen molar-refractivity contribution in [2.45, 2.75) is 0 Å². The maximum Gasteiger partial charge on any atom is 0.221 e. The Morgan fingerprint density at radius 2 is 2.21 bits per heavy atom. The lowest BCUT2D eigenvalue weighted by molar-refractivity contribution is 0.403. The van der Waals surface area contributed by atoms with E-state index in [2.05, 4.69) is 20.9 Å². The lowest BCUT2D eigenvalue weighted by Crippen LogP contribution is -1.89. The third kappa shape index (κ3) is 1.46. The van der Waals surface area contributed by atoms with Crippen LogP contribution < -0.4 is 4.74 Å². The van der Waals surface area contributed by atoms with E-state index in [0.29, 0.717) is 10.4 Å². The molecule has 0 atom stereocenters. The second kappa shape index (κ2) is 3.53. The average Bonchev–Trinajstić information content (AvgIpc) is 2.19. The highest BCUT2D eigenvalue weighted by molar-refractivity contribution is 9.10. The SMILES string of the molecule is COc1nccc2cc(F)c(Br)cc12. The Kier molecular flexibility index (Phi) is 2.37. The van der Waals surface area contributed by atoms with Gasteiger partial charge >= 0.3 is 0 Å². The summed E-state index contributed by atoms with van der Waals surface area (Å²) in [6.07, 6.45) is 1.59. The fraction of sp³-hybridized carbons (Fsp3) is 0.100. The van der Waals surface area contributed by atoms with Gasteiger partial charge in [-0.2, -0.15) is 0 Å². The molecule has 0 aliphatic rings. The highest BCUT2D eigenvalue weighted by Crippen LogP contribution is 2.28. The van der Waals surface area contributed by atoms with Gasteiger partial charge in [-0.1, -0.05) is 0 Å². The molecule has 4 heteroatoms. The lowest BCUT2D eigenvalue weighted by atomic mass is 10.2. The Bertz CT molecular complexity index is 487. The van der Waals surface area contributed by atoms with Crippen molar-refractivity contribution in [2.75, 3.05) is 7.11 Å². The highest BCUT2D eigenvalue weighted by Gasteiger charge is 2.06. The van der Waals surface area contributed by atoms with Gasteiger partial charge in [0.15, 0.2) is 0 Å². The monoisotopic (exact) mass is 255 g/mol. The van der Waals surface area contributed by atoms with E-state index < -0.39 is 0 Å². The zero-order valence-electron chi connectivity index (χ0n) is 7.42. The molecule has 1 aromatic heterocycles. The summed E-state index contributed by atoms with van der Waals surface area (Å²) in [7, 11) is 1.54. The van der Waals surface area contributed by atoms with Crippen LogP contribution in [0.15, 0.2) is 28.9 Å². The molecule has 0 aliphatic carbocycles. The van der Waals surface area contributed by atoms with Gasteiger partial charge in [0.2, 0.25) is 5.88 Å². The van der Waals surface area contributed by atoms with E-state index in [4.69, 9.17) is 4.74 Å². The minimum absolute atomic E-state index is 0.286. The van der Waals surface area contributed by atoms with Gasteiger partial charge in [-0.25, -0.2) is 9.37 Å². The Hall–Kier alpha value is -1.16. The third-order valence-corrected chi connectivity index (χ3v) is 2.57. The molecule has 0 aliphatic heterocycles. The smallest absolute Gasteiger partial charge is 0.221 e. The van der Waals surface area contributed by atoms with Gasteiger partial charge in [0.1, 0.15) is 5.82 Å². The summed E-state index contributed by atoms with van der Waals surface area (Å²) in [4.78, 5) is 4.03. The van der Waals surface area contributed by atoms with E-state index in [1.807, 2.05) is 0 Å². The Morgan fingerprint density at radius 1 is 1.43 bits per heavy atom. The Balaban J connectivity index is 2.81. The minimum Gasteiger partial charge on any atom is -0.481 e. The molecule has 72 valence electrons. The van der Waals surface area contributed by atoms with Crippen molar-refractivity contribution in [3.63, 3.8) is 0 Å². The van der Waals surface area contributed by atoms with Gasteiger partial charge in [-0.05, 0) is 39.5 Å². The molecule has 2 aromatic rings. The van der Waals surface area contributed by atoms with Crippen LogP contribution in [0.25, 0.3) is 10.8 Å². The Labute approximate surface area is 88.8 Å². The maximum atomic E-state index is 13.2. The van der Waals surface area contributed by atoms with Crippen molar-refractivity contribution in [3.8, 4) is 5.88 Å². The van der Waals surface area contributed by atoms with Gasteiger partial charge in [0.05, 0.1) is 11.6 Å². The van der Waals surface area contributed by atoms with Crippen molar-refractivity contribution in [2.24, 2.45) is 0 Å². The van der Waals surface area contributed by atoms with E-state index >= 15 is 0 Å². The minimum atomic E-state index is -0.286. The molecular formula is C10H7BrFNO. The zero-order chi connectivity index (χ0) is 10.1. The Morgan fingerprint density at radius 3 is 2.93 bits per heavy atom. The number of rotatable bonds is 1. The standard InChI is InChI=1S/C10H7BrFNO/c1-14-10-7-5-8(11)9(12)4-6(7)2-3-13-10/h2-5H,1H3. The van der Waals surface area contributed by atoms with E-state index in [0.717, 1.165) is 10.8 Å². The molecule has 0 unspecified atom stereocenters. The van der Waals surface area contributed by atoms with Gasteiger partial charge in [0.25, 0.3) is 0 Å². The number of methoxy groups -OCH3 is 1. The number of benzene rings is 1. The fourth-order valence-electron chi connectivity index (χ4n) is 1.30. The van der Waals surface area contributed by atoms with Crippen LogP contribution >= 0.6 is 15.9 Å². The van der Waals surface area contributed by atoms with Crippen molar-refractivity contribution >= 4 is 26.7 Å². The lowest BCUT2D eigenvalue weighted by Gasteiger charge is -2.04. The highest BCUT2D eigenvalue weighted by atomic mass is 79.9. The number of aromatic nitrogens is 1. The quantitative estimate of drug-likeness (QED) is 0.781. The first-order chi connectivity index (χ1) is 6.72. The molecule has 0 bridgehead atoms. The molecule has 0 amide bonds. The molecule has 2 rings (SSSR count). The predicted octanol–water partition coefficient (Wildman–Crippen LogP) is 3.15. The van der Waals surface area contributed by atoms with Gasteiger partial charge in [0, 0.05) is 11.6 Å². The van der Waals surface area contributed by atoms with Gasteiger partial charge in [-0.15, -0.1) is 0 Å². The number of nitrogens with zero attached hydrogens (tertiary/aromatic N) is 1. The largest absolute Gasteiger partial charge is 0.481 e. The van der Waals surface area contributed by atoms with Crippen LogP contribution in [0.4, 0.5) is 4.39 Å². The fourth-order valence-corrected chi connectivity index (χ4v) is 1.65. The van der Waals surface area contributed by atoms with Crippen LogP contribution in [0, 0.1) is 5.82 Å². The molecule has 0 fully saturated rings. The first-order valence-corrected chi connectivity index (χ1v) is 4.79. The van der Waals surface area contributed by atoms with E-state index in [1.54, 1.807) is 25.4 Å². The van der Waals surface area contributed by atoms with Gasteiger partial charge in [-0.3, -0.25) is 0 Å². The molecule has 2 nitrogen and oxygen atoms in total. The number of halogens is 2. The first kappa shape index (κ1) is 9.40. The van der Waals surface area contributed by atoms with Crippen molar-refractivity contribution < 1.29 is 9.13 Å². The van der Waals surface area contributed by atoms with Crippen LogP contribution in [0.3, 0.4) is 0 Å². The van der Waals surface area contributed by atoms with E-state index in [-0.39, 0.29) is 5.82 Å². The molecule has 0 saturated carbocycles. The van der Waals surface area contributed by atoms with Crippen LogP contribution in [-0.4, -0.2) is 12.1 Å². The van der Waals surface area contributed by atoms with Crippen LogP contribution in [0.1, 0.15) is 0 Å². The maximum absolute atomic E-state index is 13.2. The van der Waals surface area contributed by atoms with E-state index in [1.165, 1.54) is 6.07 Å². The third-order valence-electron chi connectivity index (χ3n) is 1.96. The summed E-state index contributed by atoms with van der Waals surface area (Å²) in [6.45, 7) is 0.